The van der Waals surface area contributed by atoms with Crippen molar-refractivity contribution in [2.24, 2.45) is 5.73 Å². The third kappa shape index (κ3) is 3.42. The smallest absolute Gasteiger partial charge is 0.240 e. The van der Waals surface area contributed by atoms with Crippen molar-refractivity contribution in [3.05, 3.63) is 23.8 Å². The molecule has 0 spiro atoms. The van der Waals surface area contributed by atoms with Crippen LogP contribution in [0.3, 0.4) is 0 Å². The van der Waals surface area contributed by atoms with Crippen molar-refractivity contribution >= 4 is 21.8 Å². The van der Waals surface area contributed by atoms with Crippen molar-refractivity contribution < 1.29 is 13.2 Å². The summed E-state index contributed by atoms with van der Waals surface area (Å²) in [5, 5.41) is 0. The highest BCUT2D eigenvalue weighted by Gasteiger charge is 2.23. The van der Waals surface area contributed by atoms with Crippen molar-refractivity contribution in [2.45, 2.75) is 23.9 Å². The first-order valence-electron chi connectivity index (χ1n) is 6.04. The minimum absolute atomic E-state index is 0.0263. The van der Waals surface area contributed by atoms with Gasteiger partial charge in [-0.3, -0.25) is 0 Å². The number of nitrogens with one attached hydrogen (secondary N) is 1. The summed E-state index contributed by atoms with van der Waals surface area (Å²) in [7, 11) is -1.94. The van der Waals surface area contributed by atoms with Crippen LogP contribution in [0, 0.1) is 0 Å². The normalized spacial score (nSPS) is 19.6. The molecule has 0 bridgehead atoms. The molecule has 1 heterocycles. The fourth-order valence-electron chi connectivity index (χ4n) is 2.00. The maximum Gasteiger partial charge on any atom is 0.240 e. The van der Waals surface area contributed by atoms with Gasteiger partial charge in [0, 0.05) is 23.9 Å². The number of nitrogens with two attached hydrogens (primary N) is 1. The molecule has 1 atom stereocenters. The van der Waals surface area contributed by atoms with Gasteiger partial charge in [-0.1, -0.05) is 0 Å². The van der Waals surface area contributed by atoms with Crippen LogP contribution in [0.1, 0.15) is 12.0 Å². The standard InChI is InChI=1S/C12H18N2O3S2/c1-17-12-3-2-11(6-9(12)7-13)19(15,16)14-10-4-5-18-8-10/h2-3,6,10,14H,4-5,7-8,13H2,1H3. The summed E-state index contributed by atoms with van der Waals surface area (Å²) in [6.07, 6.45) is 0.879. The molecule has 3 N–H and O–H groups in total. The predicted molar refractivity (Wildman–Crippen MR) is 76.9 cm³/mol. The summed E-state index contributed by atoms with van der Waals surface area (Å²) in [6, 6.07) is 4.78. The van der Waals surface area contributed by atoms with E-state index in [0.717, 1.165) is 17.9 Å². The van der Waals surface area contributed by atoms with Crippen LogP contribution in [-0.4, -0.2) is 33.1 Å². The van der Waals surface area contributed by atoms with Crippen LogP contribution in [0.5, 0.6) is 5.75 Å². The molecular formula is C12H18N2O3S2. The molecule has 0 saturated carbocycles. The summed E-state index contributed by atoms with van der Waals surface area (Å²) in [5.41, 5.74) is 6.29. The number of hydrogen-bond acceptors (Lipinski definition) is 5. The highest BCUT2D eigenvalue weighted by atomic mass is 32.2. The zero-order valence-electron chi connectivity index (χ0n) is 10.8. The van der Waals surface area contributed by atoms with Crippen LogP contribution in [0.4, 0.5) is 0 Å². The quantitative estimate of drug-likeness (QED) is 0.846. The lowest BCUT2D eigenvalue weighted by atomic mass is 10.2. The topological polar surface area (TPSA) is 81.4 Å². The Bertz CT molecular complexity index is 540. The monoisotopic (exact) mass is 302 g/mol. The molecule has 1 aromatic rings. The van der Waals surface area contributed by atoms with Gasteiger partial charge in [-0.15, -0.1) is 0 Å². The van der Waals surface area contributed by atoms with E-state index in [2.05, 4.69) is 4.72 Å². The summed E-state index contributed by atoms with van der Waals surface area (Å²) >= 11 is 1.76. The summed E-state index contributed by atoms with van der Waals surface area (Å²) < 4.78 is 32.4. The van der Waals surface area contributed by atoms with E-state index in [9.17, 15) is 8.42 Å². The van der Waals surface area contributed by atoms with E-state index in [4.69, 9.17) is 10.5 Å². The zero-order valence-corrected chi connectivity index (χ0v) is 12.4. The molecule has 2 rings (SSSR count). The SMILES string of the molecule is COc1ccc(S(=O)(=O)NC2CCSC2)cc1CN. The minimum Gasteiger partial charge on any atom is -0.496 e. The lowest BCUT2D eigenvalue weighted by Gasteiger charge is -2.14. The van der Waals surface area contributed by atoms with Gasteiger partial charge in [-0.25, -0.2) is 13.1 Å². The molecule has 0 amide bonds. The van der Waals surface area contributed by atoms with Crippen LogP contribution in [0.15, 0.2) is 23.1 Å². The van der Waals surface area contributed by atoms with E-state index in [1.807, 2.05) is 0 Å². The zero-order chi connectivity index (χ0) is 13.9. The summed E-state index contributed by atoms with van der Waals surface area (Å²) in [4.78, 5) is 0.241. The average molecular weight is 302 g/mol. The number of rotatable bonds is 5. The van der Waals surface area contributed by atoms with Gasteiger partial charge in [0.05, 0.1) is 12.0 Å². The Balaban J connectivity index is 2.24. The largest absolute Gasteiger partial charge is 0.496 e. The molecule has 1 aromatic carbocycles. The summed E-state index contributed by atoms with van der Waals surface area (Å²) in [6.45, 7) is 0.242. The lowest BCUT2D eigenvalue weighted by molar-refractivity contribution is 0.409. The Morgan fingerprint density at radius 1 is 1.53 bits per heavy atom. The van der Waals surface area contributed by atoms with E-state index in [0.29, 0.717) is 11.3 Å². The van der Waals surface area contributed by atoms with Gasteiger partial charge < -0.3 is 10.5 Å². The van der Waals surface area contributed by atoms with Crippen molar-refractivity contribution in [3.63, 3.8) is 0 Å². The number of ether oxygens (including phenoxy) is 1. The predicted octanol–water partition coefficient (Wildman–Crippen LogP) is 0.938. The van der Waals surface area contributed by atoms with Crippen LogP contribution in [-0.2, 0) is 16.6 Å². The van der Waals surface area contributed by atoms with Gasteiger partial charge in [-0.05, 0) is 30.4 Å². The van der Waals surface area contributed by atoms with Crippen LogP contribution >= 0.6 is 11.8 Å². The molecular weight excluding hydrogens is 284 g/mol. The molecule has 0 aliphatic carbocycles. The second kappa shape index (κ2) is 6.13. The van der Waals surface area contributed by atoms with E-state index >= 15 is 0 Å². The summed E-state index contributed by atoms with van der Waals surface area (Å²) in [5.74, 6) is 2.45. The van der Waals surface area contributed by atoms with Crippen LogP contribution in [0.2, 0.25) is 0 Å². The molecule has 1 saturated heterocycles. The Morgan fingerprint density at radius 3 is 2.89 bits per heavy atom. The molecule has 5 nitrogen and oxygen atoms in total. The van der Waals surface area contributed by atoms with E-state index in [-0.39, 0.29) is 17.5 Å². The number of thioether (sulfide) groups is 1. The molecule has 0 radical (unpaired) electrons. The average Bonchev–Trinajstić information content (AvgIpc) is 2.89. The molecule has 1 unspecified atom stereocenters. The first kappa shape index (κ1) is 14.6. The van der Waals surface area contributed by atoms with E-state index < -0.39 is 10.0 Å². The Kier molecular flexibility index (Phi) is 4.72. The van der Waals surface area contributed by atoms with Gasteiger partial charge in [-0.2, -0.15) is 11.8 Å². The fourth-order valence-corrected chi connectivity index (χ4v) is 4.58. The molecule has 106 valence electrons. The number of hydrogen-bond donors (Lipinski definition) is 2. The van der Waals surface area contributed by atoms with Crippen LogP contribution in [0.25, 0.3) is 0 Å². The molecule has 19 heavy (non-hydrogen) atoms. The van der Waals surface area contributed by atoms with Crippen LogP contribution < -0.4 is 15.2 Å². The molecule has 1 aliphatic rings. The molecule has 0 aromatic heterocycles. The van der Waals surface area contributed by atoms with Gasteiger partial charge >= 0.3 is 0 Å². The van der Waals surface area contributed by atoms with E-state index in [1.54, 1.807) is 30.0 Å². The van der Waals surface area contributed by atoms with Gasteiger partial charge in [0.2, 0.25) is 10.0 Å². The number of sulfonamides is 1. The second-order valence-corrected chi connectivity index (χ2v) is 7.22. The van der Waals surface area contributed by atoms with Gasteiger partial charge in [0.15, 0.2) is 0 Å². The van der Waals surface area contributed by atoms with Gasteiger partial charge in [0.25, 0.3) is 0 Å². The third-order valence-corrected chi connectivity index (χ3v) is 5.71. The maximum atomic E-state index is 12.3. The minimum atomic E-state index is -3.48. The Hall–Kier alpha value is -0.760. The third-order valence-electron chi connectivity index (χ3n) is 3.03. The highest BCUT2D eigenvalue weighted by molar-refractivity contribution is 7.99. The Labute approximate surface area is 118 Å². The molecule has 7 heteroatoms. The van der Waals surface area contributed by atoms with Crippen molar-refractivity contribution in [2.75, 3.05) is 18.6 Å². The lowest BCUT2D eigenvalue weighted by Crippen LogP contribution is -2.34. The number of methoxy groups -OCH3 is 1. The molecule has 1 aliphatic heterocycles. The first-order valence-corrected chi connectivity index (χ1v) is 8.67. The highest BCUT2D eigenvalue weighted by Crippen LogP contribution is 2.24. The number of benzene rings is 1. The van der Waals surface area contributed by atoms with Crippen molar-refractivity contribution in [1.82, 2.24) is 4.72 Å². The van der Waals surface area contributed by atoms with Crippen molar-refractivity contribution in [1.29, 1.82) is 0 Å². The fraction of sp³-hybridized carbons (Fsp3) is 0.500. The Morgan fingerprint density at radius 2 is 2.32 bits per heavy atom. The van der Waals surface area contributed by atoms with E-state index in [1.165, 1.54) is 7.11 Å². The molecule has 1 fully saturated rings. The maximum absolute atomic E-state index is 12.3. The second-order valence-electron chi connectivity index (χ2n) is 4.36. The van der Waals surface area contributed by atoms with Gasteiger partial charge in [0.1, 0.15) is 5.75 Å². The van der Waals surface area contributed by atoms with Crippen molar-refractivity contribution in [3.8, 4) is 5.75 Å². The first-order chi connectivity index (χ1) is 9.06.